The number of carbonyl (C=O) groups excluding carboxylic acids is 3. The summed E-state index contributed by atoms with van der Waals surface area (Å²) in [4.78, 5) is 36.5. The van der Waals surface area contributed by atoms with Gasteiger partial charge < -0.3 is 15.0 Å². The fourth-order valence-corrected chi connectivity index (χ4v) is 2.31. The molecule has 1 aliphatic rings. The molecule has 1 N–H and O–H groups in total. The third-order valence-corrected chi connectivity index (χ3v) is 3.65. The minimum atomic E-state index is -1.05. The molecule has 0 radical (unpaired) electrons. The van der Waals surface area contributed by atoms with Gasteiger partial charge in [0, 0.05) is 18.7 Å². The normalized spacial score (nSPS) is 15.4. The topological polar surface area (TPSA) is 75.7 Å². The van der Waals surface area contributed by atoms with Crippen LogP contribution in [-0.4, -0.2) is 41.9 Å². The Morgan fingerprint density at radius 1 is 1.48 bits per heavy atom. The van der Waals surface area contributed by atoms with Crippen molar-refractivity contribution >= 4 is 35.1 Å². The lowest BCUT2D eigenvalue weighted by molar-refractivity contribution is -0.155. The predicted octanol–water partition coefficient (Wildman–Crippen LogP) is 1.97. The lowest BCUT2D eigenvalue weighted by atomic mass is 10.3. The van der Waals surface area contributed by atoms with E-state index in [1.54, 1.807) is 0 Å². The monoisotopic (exact) mass is 342 g/mol. The Morgan fingerprint density at radius 3 is 2.83 bits per heavy atom. The van der Waals surface area contributed by atoms with E-state index in [0.29, 0.717) is 25.1 Å². The first-order valence-electron chi connectivity index (χ1n) is 7.10. The first-order chi connectivity index (χ1) is 10.9. The van der Waals surface area contributed by atoms with E-state index in [9.17, 15) is 18.8 Å². The molecule has 23 heavy (non-hydrogen) atoms. The summed E-state index contributed by atoms with van der Waals surface area (Å²) < 4.78 is 18.0. The third-order valence-electron chi connectivity index (χ3n) is 3.36. The largest absolute Gasteiger partial charge is 0.451 e. The van der Waals surface area contributed by atoms with Crippen molar-refractivity contribution in [3.05, 3.63) is 29.0 Å². The van der Waals surface area contributed by atoms with E-state index in [0.717, 1.165) is 6.07 Å². The van der Waals surface area contributed by atoms with Gasteiger partial charge in [-0.3, -0.25) is 14.4 Å². The Morgan fingerprint density at radius 2 is 2.22 bits per heavy atom. The zero-order valence-electron chi connectivity index (χ0n) is 12.5. The summed E-state index contributed by atoms with van der Waals surface area (Å²) in [5.74, 6) is -1.92. The van der Waals surface area contributed by atoms with Crippen LogP contribution in [-0.2, 0) is 19.1 Å². The van der Waals surface area contributed by atoms with Gasteiger partial charge in [-0.1, -0.05) is 11.6 Å². The highest BCUT2D eigenvalue weighted by molar-refractivity contribution is 6.31. The number of esters is 1. The molecule has 1 heterocycles. The molecule has 0 bridgehead atoms. The predicted molar refractivity (Wildman–Crippen MR) is 81.4 cm³/mol. The second-order valence-electron chi connectivity index (χ2n) is 5.17. The number of hydrogen-bond donors (Lipinski definition) is 1. The van der Waals surface area contributed by atoms with Gasteiger partial charge in [-0.15, -0.1) is 0 Å². The fraction of sp³-hybridized carbons (Fsp3) is 0.400. The molecule has 1 aromatic rings. The van der Waals surface area contributed by atoms with Crippen LogP contribution in [0.3, 0.4) is 0 Å². The van der Waals surface area contributed by atoms with E-state index in [1.165, 1.54) is 24.0 Å². The molecule has 6 nitrogen and oxygen atoms in total. The molecule has 1 aromatic carbocycles. The molecule has 0 aliphatic carbocycles. The summed E-state index contributed by atoms with van der Waals surface area (Å²) in [6.45, 7) is 1.76. The maximum atomic E-state index is 13.0. The maximum absolute atomic E-state index is 13.0. The standard InChI is InChI=1S/C15H16ClFN2O4/c1-9(23-14(21)8-19-6-2-3-13(19)20)15(22)18-10-4-5-12(17)11(16)7-10/h4-5,7,9H,2-3,6,8H2,1H3,(H,18,22)/t9-/m1/s1. The van der Waals surface area contributed by atoms with Crippen molar-refractivity contribution in [1.29, 1.82) is 0 Å². The van der Waals surface area contributed by atoms with Crippen LogP contribution in [0.1, 0.15) is 19.8 Å². The fourth-order valence-electron chi connectivity index (χ4n) is 2.13. The zero-order valence-corrected chi connectivity index (χ0v) is 13.2. The number of anilines is 1. The molecule has 1 aliphatic heterocycles. The van der Waals surface area contributed by atoms with Crippen molar-refractivity contribution in [2.24, 2.45) is 0 Å². The summed E-state index contributed by atoms with van der Waals surface area (Å²) in [5, 5.41) is 2.34. The van der Waals surface area contributed by atoms with Crippen LogP contribution < -0.4 is 5.32 Å². The number of hydrogen-bond acceptors (Lipinski definition) is 4. The average molecular weight is 343 g/mol. The molecule has 2 rings (SSSR count). The number of amides is 2. The summed E-state index contributed by atoms with van der Waals surface area (Å²) in [6, 6.07) is 3.72. The van der Waals surface area contributed by atoms with E-state index >= 15 is 0 Å². The molecule has 2 amide bonds. The maximum Gasteiger partial charge on any atom is 0.326 e. The van der Waals surface area contributed by atoms with Gasteiger partial charge in [0.1, 0.15) is 12.4 Å². The SMILES string of the molecule is C[C@@H](OC(=O)CN1CCCC1=O)C(=O)Nc1ccc(F)c(Cl)c1. The van der Waals surface area contributed by atoms with Gasteiger partial charge in [-0.25, -0.2) is 4.39 Å². The molecule has 124 valence electrons. The molecule has 8 heteroatoms. The van der Waals surface area contributed by atoms with Crippen molar-refractivity contribution in [2.75, 3.05) is 18.4 Å². The molecule has 0 aromatic heterocycles. The number of nitrogens with one attached hydrogen (secondary N) is 1. The van der Waals surface area contributed by atoms with Gasteiger partial charge in [0.15, 0.2) is 6.10 Å². The minimum absolute atomic E-state index is 0.0972. The van der Waals surface area contributed by atoms with Crippen LogP contribution in [0.5, 0.6) is 0 Å². The molecule has 0 unspecified atom stereocenters. The van der Waals surface area contributed by atoms with Gasteiger partial charge >= 0.3 is 5.97 Å². The Hall–Kier alpha value is -2.15. The van der Waals surface area contributed by atoms with Gasteiger partial charge in [0.25, 0.3) is 5.91 Å². The lowest BCUT2D eigenvalue weighted by Gasteiger charge is -2.17. The highest BCUT2D eigenvalue weighted by atomic mass is 35.5. The Bertz CT molecular complexity index is 638. The molecule has 1 saturated heterocycles. The quantitative estimate of drug-likeness (QED) is 0.830. The van der Waals surface area contributed by atoms with Crippen molar-refractivity contribution in [2.45, 2.75) is 25.9 Å². The summed E-state index contributed by atoms with van der Waals surface area (Å²) in [5.41, 5.74) is 0.291. The Balaban J connectivity index is 1.85. The van der Waals surface area contributed by atoms with E-state index in [1.807, 2.05) is 0 Å². The van der Waals surface area contributed by atoms with Crippen LogP contribution in [0.15, 0.2) is 18.2 Å². The van der Waals surface area contributed by atoms with Crippen LogP contribution in [0.2, 0.25) is 5.02 Å². The number of likely N-dealkylation sites (tertiary alicyclic amines) is 1. The Kier molecular flexibility index (Phi) is 5.54. The number of nitrogens with zero attached hydrogens (tertiary/aromatic N) is 1. The second-order valence-corrected chi connectivity index (χ2v) is 5.58. The van der Waals surface area contributed by atoms with Gasteiger partial charge in [-0.05, 0) is 31.5 Å². The van der Waals surface area contributed by atoms with Crippen LogP contribution in [0.25, 0.3) is 0 Å². The molecule has 1 atom stereocenters. The average Bonchev–Trinajstić information content (AvgIpc) is 2.88. The van der Waals surface area contributed by atoms with E-state index in [2.05, 4.69) is 5.32 Å². The molecular formula is C15H16ClFN2O4. The third kappa shape index (κ3) is 4.66. The van der Waals surface area contributed by atoms with Crippen molar-refractivity contribution in [1.82, 2.24) is 4.90 Å². The van der Waals surface area contributed by atoms with Crippen LogP contribution in [0, 0.1) is 5.82 Å². The summed E-state index contributed by atoms with van der Waals surface area (Å²) in [7, 11) is 0. The van der Waals surface area contributed by atoms with Gasteiger partial charge in [-0.2, -0.15) is 0 Å². The number of carbonyl (C=O) groups is 3. The number of rotatable bonds is 5. The minimum Gasteiger partial charge on any atom is -0.451 e. The zero-order chi connectivity index (χ0) is 17.0. The number of ether oxygens (including phenoxy) is 1. The van der Waals surface area contributed by atoms with Gasteiger partial charge in [0.2, 0.25) is 5.91 Å². The highest BCUT2D eigenvalue weighted by Crippen LogP contribution is 2.19. The van der Waals surface area contributed by atoms with Crippen molar-refractivity contribution in [3.63, 3.8) is 0 Å². The first kappa shape index (κ1) is 17.2. The van der Waals surface area contributed by atoms with Gasteiger partial charge in [0.05, 0.1) is 5.02 Å². The lowest BCUT2D eigenvalue weighted by Crippen LogP contribution is -2.36. The smallest absolute Gasteiger partial charge is 0.326 e. The Labute approximate surface area is 137 Å². The first-order valence-corrected chi connectivity index (χ1v) is 7.48. The van der Waals surface area contributed by atoms with Crippen LogP contribution >= 0.6 is 11.6 Å². The molecule has 0 saturated carbocycles. The second kappa shape index (κ2) is 7.41. The molecule has 1 fully saturated rings. The van der Waals surface area contributed by atoms with Crippen LogP contribution in [0.4, 0.5) is 10.1 Å². The van der Waals surface area contributed by atoms with E-state index in [-0.39, 0.29) is 17.5 Å². The highest BCUT2D eigenvalue weighted by Gasteiger charge is 2.25. The van der Waals surface area contributed by atoms with E-state index < -0.39 is 23.8 Å². The molecular weight excluding hydrogens is 327 g/mol. The number of halogens is 2. The number of benzene rings is 1. The van der Waals surface area contributed by atoms with E-state index in [4.69, 9.17) is 16.3 Å². The summed E-state index contributed by atoms with van der Waals surface area (Å²) in [6.07, 6.45) is 0.0892. The summed E-state index contributed by atoms with van der Waals surface area (Å²) >= 11 is 5.62. The molecule has 0 spiro atoms. The van der Waals surface area contributed by atoms with Crippen molar-refractivity contribution in [3.8, 4) is 0 Å². The van der Waals surface area contributed by atoms with Crippen molar-refractivity contribution < 1.29 is 23.5 Å².